The molecule has 0 radical (unpaired) electrons. The fourth-order valence-electron chi connectivity index (χ4n) is 1.69. The number of hydrogen-bond donors (Lipinski definition) is 1. The lowest BCUT2D eigenvalue weighted by Gasteiger charge is -2.26. The van der Waals surface area contributed by atoms with Crippen LogP contribution in [0.2, 0.25) is 0 Å². The van der Waals surface area contributed by atoms with Crippen molar-refractivity contribution in [1.82, 2.24) is 4.31 Å². The van der Waals surface area contributed by atoms with Gasteiger partial charge in [-0.25, -0.2) is 8.42 Å². The van der Waals surface area contributed by atoms with Crippen LogP contribution in [-0.4, -0.2) is 55.4 Å². The van der Waals surface area contributed by atoms with Crippen molar-refractivity contribution in [1.29, 1.82) is 0 Å². The van der Waals surface area contributed by atoms with Gasteiger partial charge in [0, 0.05) is 13.7 Å². The van der Waals surface area contributed by atoms with E-state index < -0.39 is 22.0 Å². The summed E-state index contributed by atoms with van der Waals surface area (Å²) in [5.41, 5.74) is 0. The fourth-order valence-corrected chi connectivity index (χ4v) is 3.23. The van der Waals surface area contributed by atoms with Gasteiger partial charge in [-0.3, -0.25) is 4.79 Å². The first-order chi connectivity index (χ1) is 7.84. The number of carboxylic acids is 1. The van der Waals surface area contributed by atoms with Crippen LogP contribution in [0.4, 0.5) is 0 Å². The maximum atomic E-state index is 11.9. The third kappa shape index (κ3) is 3.93. The summed E-state index contributed by atoms with van der Waals surface area (Å²) >= 11 is 0. The molecule has 7 heteroatoms. The molecule has 1 N–H and O–H groups in total. The van der Waals surface area contributed by atoms with Gasteiger partial charge in [0.05, 0.1) is 11.9 Å². The minimum absolute atomic E-state index is 0.138. The second-order valence-electron chi connectivity index (χ2n) is 4.30. The van der Waals surface area contributed by atoms with E-state index in [4.69, 9.17) is 9.84 Å². The highest BCUT2D eigenvalue weighted by Crippen LogP contribution is 2.16. The molecular formula is C10H19NO5S. The van der Waals surface area contributed by atoms with Gasteiger partial charge in [-0.1, -0.05) is 0 Å². The van der Waals surface area contributed by atoms with E-state index in [2.05, 4.69) is 0 Å². The standard InChI is InChI=1S/C10H19NO5S/c1-8(10(12)13)11(2)17(14,15)7-9-5-3-4-6-16-9/h8-9H,3-7H2,1-2H3,(H,12,13)/t8-,9?/m1/s1. The van der Waals surface area contributed by atoms with E-state index in [9.17, 15) is 13.2 Å². The zero-order valence-corrected chi connectivity index (χ0v) is 10.9. The van der Waals surface area contributed by atoms with Crippen LogP contribution in [0.25, 0.3) is 0 Å². The smallest absolute Gasteiger partial charge is 0.321 e. The monoisotopic (exact) mass is 265 g/mol. The van der Waals surface area contributed by atoms with Crippen molar-refractivity contribution in [3.05, 3.63) is 0 Å². The first-order valence-corrected chi connectivity index (χ1v) is 7.25. The van der Waals surface area contributed by atoms with Crippen LogP contribution in [0.5, 0.6) is 0 Å². The van der Waals surface area contributed by atoms with Gasteiger partial charge in [-0.2, -0.15) is 4.31 Å². The lowest BCUT2D eigenvalue weighted by atomic mass is 10.1. The molecule has 0 aliphatic carbocycles. The van der Waals surface area contributed by atoms with Gasteiger partial charge in [0.25, 0.3) is 0 Å². The fraction of sp³-hybridized carbons (Fsp3) is 0.900. The summed E-state index contributed by atoms with van der Waals surface area (Å²) in [6, 6.07) is -1.05. The van der Waals surface area contributed by atoms with Crippen molar-refractivity contribution >= 4 is 16.0 Å². The molecule has 1 saturated heterocycles. The molecule has 0 aromatic heterocycles. The molecule has 6 nitrogen and oxygen atoms in total. The van der Waals surface area contributed by atoms with E-state index in [1.165, 1.54) is 14.0 Å². The Labute approximate surface area is 102 Å². The molecule has 0 saturated carbocycles. The average molecular weight is 265 g/mol. The molecule has 1 unspecified atom stereocenters. The highest BCUT2D eigenvalue weighted by Gasteiger charge is 2.31. The second kappa shape index (κ2) is 5.79. The van der Waals surface area contributed by atoms with Crippen LogP contribution >= 0.6 is 0 Å². The van der Waals surface area contributed by atoms with Crippen molar-refractivity contribution in [2.24, 2.45) is 0 Å². The Morgan fingerprint density at radius 2 is 2.18 bits per heavy atom. The van der Waals surface area contributed by atoms with E-state index in [0.29, 0.717) is 13.0 Å². The van der Waals surface area contributed by atoms with E-state index in [1.54, 1.807) is 0 Å². The summed E-state index contributed by atoms with van der Waals surface area (Å²) in [4.78, 5) is 10.7. The molecule has 0 spiro atoms. The number of nitrogens with zero attached hydrogens (tertiary/aromatic N) is 1. The first kappa shape index (κ1) is 14.4. The largest absolute Gasteiger partial charge is 0.480 e. The Balaban J connectivity index is 2.63. The lowest BCUT2D eigenvalue weighted by Crippen LogP contribution is -2.44. The molecule has 1 aliphatic heterocycles. The zero-order valence-electron chi connectivity index (χ0n) is 10.1. The molecule has 1 heterocycles. The highest BCUT2D eigenvalue weighted by molar-refractivity contribution is 7.89. The third-order valence-electron chi connectivity index (χ3n) is 3.01. The molecule has 0 amide bonds. The Morgan fingerprint density at radius 3 is 2.65 bits per heavy atom. The Bertz CT molecular complexity index is 361. The Hall–Kier alpha value is -0.660. The van der Waals surface area contributed by atoms with Gasteiger partial charge < -0.3 is 9.84 Å². The molecule has 0 aromatic carbocycles. The SMILES string of the molecule is C[C@H](C(=O)O)N(C)S(=O)(=O)CC1CCCCO1. The Kier molecular flexibility index (Phi) is 4.91. The van der Waals surface area contributed by atoms with E-state index in [1.807, 2.05) is 0 Å². The lowest BCUT2D eigenvalue weighted by molar-refractivity contribution is -0.140. The van der Waals surface area contributed by atoms with Crippen LogP contribution in [0.1, 0.15) is 26.2 Å². The first-order valence-electron chi connectivity index (χ1n) is 5.64. The summed E-state index contributed by atoms with van der Waals surface area (Å²) < 4.78 is 30.1. The molecule has 100 valence electrons. The Morgan fingerprint density at radius 1 is 1.53 bits per heavy atom. The number of carboxylic acid groups (broad SMARTS) is 1. The molecule has 1 rings (SSSR count). The number of ether oxygens (including phenoxy) is 1. The maximum Gasteiger partial charge on any atom is 0.321 e. The summed E-state index contributed by atoms with van der Waals surface area (Å²) in [5, 5.41) is 8.78. The van der Waals surface area contributed by atoms with Gasteiger partial charge in [-0.15, -0.1) is 0 Å². The van der Waals surface area contributed by atoms with Crippen molar-refractivity contribution in [3.8, 4) is 0 Å². The summed E-state index contributed by atoms with van der Waals surface area (Å²) in [6.45, 7) is 1.93. The molecule has 1 fully saturated rings. The predicted octanol–water partition coefficient (Wildman–Crippen LogP) is 0.290. The molecule has 2 atom stereocenters. The van der Waals surface area contributed by atoms with Crippen LogP contribution in [-0.2, 0) is 19.6 Å². The van der Waals surface area contributed by atoms with Gasteiger partial charge in [-0.05, 0) is 26.2 Å². The molecule has 0 aromatic rings. The van der Waals surface area contributed by atoms with Crippen LogP contribution < -0.4 is 0 Å². The summed E-state index contributed by atoms with van der Waals surface area (Å²) in [7, 11) is -2.29. The zero-order chi connectivity index (χ0) is 13.1. The van der Waals surface area contributed by atoms with Gasteiger partial charge >= 0.3 is 5.97 Å². The quantitative estimate of drug-likeness (QED) is 0.772. The van der Waals surface area contributed by atoms with Gasteiger partial charge in [0.1, 0.15) is 6.04 Å². The van der Waals surface area contributed by atoms with Gasteiger partial charge in [0.15, 0.2) is 0 Å². The number of sulfonamides is 1. The molecule has 1 aliphatic rings. The molecule has 0 bridgehead atoms. The van der Waals surface area contributed by atoms with E-state index >= 15 is 0 Å². The topological polar surface area (TPSA) is 83.9 Å². The van der Waals surface area contributed by atoms with Crippen LogP contribution in [0, 0.1) is 0 Å². The van der Waals surface area contributed by atoms with Crippen LogP contribution in [0.3, 0.4) is 0 Å². The number of likely N-dealkylation sites (N-methyl/N-ethyl adjacent to an activating group) is 1. The van der Waals surface area contributed by atoms with Crippen LogP contribution in [0.15, 0.2) is 0 Å². The molecule has 17 heavy (non-hydrogen) atoms. The molecular weight excluding hydrogens is 246 g/mol. The minimum Gasteiger partial charge on any atom is -0.480 e. The van der Waals surface area contributed by atoms with Crippen molar-refractivity contribution in [3.63, 3.8) is 0 Å². The maximum absolute atomic E-state index is 11.9. The predicted molar refractivity (Wildman–Crippen MR) is 62.2 cm³/mol. The second-order valence-corrected chi connectivity index (χ2v) is 6.37. The summed E-state index contributed by atoms with van der Waals surface area (Å²) in [6.07, 6.45) is 2.32. The number of aliphatic carboxylic acids is 1. The number of rotatable bonds is 5. The third-order valence-corrected chi connectivity index (χ3v) is 5.00. The van der Waals surface area contributed by atoms with Gasteiger partial charge in [0.2, 0.25) is 10.0 Å². The normalized spacial score (nSPS) is 23.6. The van der Waals surface area contributed by atoms with Crippen molar-refractivity contribution in [2.75, 3.05) is 19.4 Å². The minimum atomic E-state index is -3.58. The summed E-state index contributed by atoms with van der Waals surface area (Å²) in [5.74, 6) is -1.29. The van der Waals surface area contributed by atoms with E-state index in [0.717, 1.165) is 17.1 Å². The number of hydrogen-bond acceptors (Lipinski definition) is 4. The van der Waals surface area contributed by atoms with Crippen molar-refractivity contribution in [2.45, 2.75) is 38.3 Å². The highest BCUT2D eigenvalue weighted by atomic mass is 32.2. The number of carbonyl (C=O) groups is 1. The van der Waals surface area contributed by atoms with E-state index in [-0.39, 0.29) is 11.9 Å². The van der Waals surface area contributed by atoms with Crippen molar-refractivity contribution < 1.29 is 23.1 Å². The average Bonchev–Trinajstić information content (AvgIpc) is 2.27.